The number of aromatic nitrogens is 1. The molecule has 0 radical (unpaired) electrons. The lowest BCUT2D eigenvalue weighted by Gasteiger charge is -2.12. The molecule has 0 saturated carbocycles. The van der Waals surface area contributed by atoms with Gasteiger partial charge in [0.2, 0.25) is 0 Å². The van der Waals surface area contributed by atoms with E-state index in [1.54, 1.807) is 6.07 Å². The molecular formula is C17H17FN2O2. The molecule has 1 N–H and O–H groups in total. The van der Waals surface area contributed by atoms with E-state index in [4.69, 9.17) is 9.26 Å². The van der Waals surface area contributed by atoms with E-state index in [9.17, 15) is 4.39 Å². The fourth-order valence-corrected chi connectivity index (χ4v) is 2.45. The van der Waals surface area contributed by atoms with Crippen molar-refractivity contribution in [1.29, 1.82) is 0 Å². The average Bonchev–Trinajstić information content (AvgIpc) is 2.96. The van der Waals surface area contributed by atoms with E-state index in [0.717, 1.165) is 0 Å². The minimum atomic E-state index is -0.433. The Morgan fingerprint density at radius 2 is 2.00 bits per heavy atom. The first-order valence-corrected chi connectivity index (χ1v) is 7.11. The van der Waals surface area contributed by atoms with Crippen LogP contribution in [0.25, 0.3) is 11.0 Å². The second-order valence-electron chi connectivity index (χ2n) is 5.18. The Labute approximate surface area is 127 Å². The Hall–Kier alpha value is -2.56. The van der Waals surface area contributed by atoms with Gasteiger partial charge in [-0.3, -0.25) is 0 Å². The van der Waals surface area contributed by atoms with E-state index in [2.05, 4.69) is 29.5 Å². The van der Waals surface area contributed by atoms with Crippen LogP contribution in [0.15, 0.2) is 47.0 Å². The Kier molecular flexibility index (Phi) is 3.96. The van der Waals surface area contributed by atoms with Gasteiger partial charge in [-0.25, -0.2) is 4.39 Å². The lowest BCUT2D eigenvalue weighted by Crippen LogP contribution is -2.10. The van der Waals surface area contributed by atoms with Gasteiger partial charge in [0.05, 0.1) is 7.11 Å². The van der Waals surface area contributed by atoms with Crippen LogP contribution in [0.4, 0.5) is 10.2 Å². The van der Waals surface area contributed by atoms with Crippen molar-refractivity contribution in [2.45, 2.75) is 12.8 Å². The molecule has 4 nitrogen and oxygen atoms in total. The summed E-state index contributed by atoms with van der Waals surface area (Å²) >= 11 is 0. The summed E-state index contributed by atoms with van der Waals surface area (Å²) in [6.07, 6.45) is 0. The molecule has 22 heavy (non-hydrogen) atoms. The Morgan fingerprint density at radius 1 is 1.23 bits per heavy atom. The molecule has 1 aromatic heterocycles. The number of nitrogens with zero attached hydrogens (tertiary/aromatic N) is 1. The molecule has 0 amide bonds. The molecule has 2 aromatic carbocycles. The highest BCUT2D eigenvalue weighted by molar-refractivity contribution is 5.94. The highest BCUT2D eigenvalue weighted by Gasteiger charge is 2.17. The first-order chi connectivity index (χ1) is 10.7. The number of ether oxygens (including phenoxy) is 1. The third-order valence-corrected chi connectivity index (χ3v) is 3.69. The van der Waals surface area contributed by atoms with E-state index < -0.39 is 5.82 Å². The number of nitrogens with one attached hydrogen (secondary N) is 1. The number of hydrogen-bond donors (Lipinski definition) is 1. The fraction of sp³-hybridized carbons (Fsp3) is 0.235. The van der Waals surface area contributed by atoms with Crippen LogP contribution in [-0.4, -0.2) is 18.8 Å². The van der Waals surface area contributed by atoms with Crippen LogP contribution in [0, 0.1) is 5.82 Å². The molecule has 3 rings (SSSR count). The van der Waals surface area contributed by atoms with Gasteiger partial charge in [-0.15, -0.1) is 0 Å². The molecule has 1 heterocycles. The summed E-state index contributed by atoms with van der Waals surface area (Å²) in [5, 5.41) is 7.72. The number of hydrogen-bond acceptors (Lipinski definition) is 4. The highest BCUT2D eigenvalue weighted by Crippen LogP contribution is 2.34. The maximum atomic E-state index is 13.8. The zero-order chi connectivity index (χ0) is 15.5. The maximum absolute atomic E-state index is 13.8. The van der Waals surface area contributed by atoms with Crippen molar-refractivity contribution in [3.8, 4) is 5.75 Å². The van der Waals surface area contributed by atoms with Gasteiger partial charge >= 0.3 is 0 Å². The molecule has 0 aliphatic heterocycles. The summed E-state index contributed by atoms with van der Waals surface area (Å²) in [6, 6.07) is 13.0. The zero-order valence-electron chi connectivity index (χ0n) is 12.5. The average molecular weight is 300 g/mol. The van der Waals surface area contributed by atoms with Gasteiger partial charge < -0.3 is 14.6 Å². The maximum Gasteiger partial charge on any atom is 0.181 e. The van der Waals surface area contributed by atoms with Crippen LogP contribution in [0.3, 0.4) is 0 Å². The number of methoxy groups -OCH3 is 1. The van der Waals surface area contributed by atoms with Crippen molar-refractivity contribution in [1.82, 2.24) is 5.16 Å². The zero-order valence-corrected chi connectivity index (χ0v) is 12.5. The van der Waals surface area contributed by atoms with Crippen molar-refractivity contribution in [2.75, 3.05) is 19.0 Å². The van der Waals surface area contributed by atoms with Gasteiger partial charge in [-0.2, -0.15) is 0 Å². The van der Waals surface area contributed by atoms with Gasteiger partial charge in [0.1, 0.15) is 5.39 Å². The van der Waals surface area contributed by atoms with E-state index in [0.29, 0.717) is 23.3 Å². The van der Waals surface area contributed by atoms with Crippen LogP contribution >= 0.6 is 0 Å². The Morgan fingerprint density at radius 3 is 2.73 bits per heavy atom. The second-order valence-corrected chi connectivity index (χ2v) is 5.18. The quantitative estimate of drug-likeness (QED) is 0.767. The molecule has 0 bridgehead atoms. The summed E-state index contributed by atoms with van der Waals surface area (Å²) in [5.74, 6) is 0.493. The molecule has 0 spiro atoms. The largest absolute Gasteiger partial charge is 0.493 e. The monoisotopic (exact) mass is 300 g/mol. The molecular weight excluding hydrogens is 283 g/mol. The van der Waals surface area contributed by atoms with Crippen molar-refractivity contribution >= 4 is 16.8 Å². The first-order valence-electron chi connectivity index (χ1n) is 7.11. The Bertz CT molecular complexity index is 771. The summed E-state index contributed by atoms with van der Waals surface area (Å²) in [4.78, 5) is 0. The fourth-order valence-electron chi connectivity index (χ4n) is 2.45. The molecule has 5 heteroatoms. The smallest absolute Gasteiger partial charge is 0.181 e. The van der Waals surface area contributed by atoms with Crippen molar-refractivity contribution in [3.63, 3.8) is 0 Å². The topological polar surface area (TPSA) is 47.3 Å². The van der Waals surface area contributed by atoms with Gasteiger partial charge in [0.25, 0.3) is 0 Å². The van der Waals surface area contributed by atoms with Gasteiger partial charge in [-0.1, -0.05) is 42.4 Å². The molecule has 1 atom stereocenters. The van der Waals surface area contributed by atoms with E-state index in [-0.39, 0.29) is 11.7 Å². The normalized spacial score (nSPS) is 12.3. The standard InChI is InChI=1S/C17H17FN2O2/c1-11(12-6-4-3-5-7-12)10-19-17-15-14(22-20-17)9-8-13(18)16(15)21-2/h3-9,11H,10H2,1-2H3,(H,19,20). The van der Waals surface area contributed by atoms with Gasteiger partial charge in [0.15, 0.2) is 23.0 Å². The van der Waals surface area contributed by atoms with Crippen LogP contribution in [0.2, 0.25) is 0 Å². The van der Waals surface area contributed by atoms with Crippen molar-refractivity contribution in [3.05, 3.63) is 53.8 Å². The van der Waals surface area contributed by atoms with Gasteiger partial charge in [-0.05, 0) is 23.6 Å². The van der Waals surface area contributed by atoms with Crippen LogP contribution in [-0.2, 0) is 0 Å². The third kappa shape index (κ3) is 2.62. The molecule has 0 aliphatic carbocycles. The highest BCUT2D eigenvalue weighted by atomic mass is 19.1. The summed E-state index contributed by atoms with van der Waals surface area (Å²) in [5.41, 5.74) is 1.72. The molecule has 0 fully saturated rings. The molecule has 1 unspecified atom stereocenters. The van der Waals surface area contributed by atoms with Crippen LogP contribution in [0.5, 0.6) is 5.75 Å². The molecule has 0 saturated heterocycles. The molecule has 3 aromatic rings. The SMILES string of the molecule is COc1c(F)ccc2onc(NCC(C)c3ccccc3)c12. The summed E-state index contributed by atoms with van der Waals surface area (Å²) < 4.78 is 24.2. The number of benzene rings is 2. The lowest BCUT2D eigenvalue weighted by molar-refractivity contribution is 0.391. The van der Waals surface area contributed by atoms with Crippen molar-refractivity contribution < 1.29 is 13.7 Å². The van der Waals surface area contributed by atoms with Gasteiger partial charge in [0, 0.05) is 6.54 Å². The molecule has 0 aliphatic rings. The first kappa shape index (κ1) is 14.4. The number of anilines is 1. The van der Waals surface area contributed by atoms with E-state index in [1.165, 1.54) is 18.7 Å². The van der Waals surface area contributed by atoms with Crippen LogP contribution < -0.4 is 10.1 Å². The van der Waals surface area contributed by atoms with E-state index >= 15 is 0 Å². The van der Waals surface area contributed by atoms with Crippen molar-refractivity contribution in [2.24, 2.45) is 0 Å². The summed E-state index contributed by atoms with van der Waals surface area (Å²) in [6.45, 7) is 2.77. The lowest BCUT2D eigenvalue weighted by atomic mass is 10.0. The van der Waals surface area contributed by atoms with Crippen LogP contribution in [0.1, 0.15) is 18.4 Å². The predicted molar refractivity (Wildman–Crippen MR) is 83.9 cm³/mol. The molecule has 114 valence electrons. The second kappa shape index (κ2) is 6.05. The number of halogens is 1. The minimum Gasteiger partial charge on any atom is -0.493 e. The Balaban J connectivity index is 1.84. The summed E-state index contributed by atoms with van der Waals surface area (Å²) in [7, 11) is 1.43. The number of fused-ring (bicyclic) bond motifs is 1. The predicted octanol–water partition coefficient (Wildman–Crippen LogP) is 4.19. The minimum absolute atomic E-state index is 0.147. The van der Waals surface area contributed by atoms with E-state index in [1.807, 2.05) is 18.2 Å². The number of rotatable bonds is 5. The third-order valence-electron chi connectivity index (χ3n) is 3.69.